The Morgan fingerprint density at radius 3 is 2.70 bits per heavy atom. The molecule has 0 saturated heterocycles. The number of amidine groups is 1. The van der Waals surface area contributed by atoms with Crippen molar-refractivity contribution >= 4 is 21.8 Å². The zero-order valence-electron chi connectivity index (χ0n) is 5.13. The fraction of sp³-hybridized carbons (Fsp3) is 0. The number of hydrogen-bond donors (Lipinski definition) is 2. The molecule has 0 fully saturated rings. The van der Waals surface area contributed by atoms with Gasteiger partial charge in [-0.2, -0.15) is 0 Å². The Morgan fingerprint density at radius 2 is 2.30 bits per heavy atom. The maximum atomic E-state index is 7.03. The molecule has 3 nitrogen and oxygen atoms in total. The number of nitrogens with two attached hydrogens (primary N) is 1. The van der Waals surface area contributed by atoms with Gasteiger partial charge in [0.05, 0.1) is 0 Å². The summed E-state index contributed by atoms with van der Waals surface area (Å²) in [6.07, 6.45) is 0. The molecule has 0 amide bonds. The van der Waals surface area contributed by atoms with Gasteiger partial charge in [0, 0.05) is 0 Å². The molecule has 0 aromatic carbocycles. The van der Waals surface area contributed by atoms with Gasteiger partial charge in [0.25, 0.3) is 0 Å². The molecule has 0 unspecified atom stereocenters. The second kappa shape index (κ2) is 2.79. The first-order chi connectivity index (χ1) is 4.70. The van der Waals surface area contributed by atoms with Crippen LogP contribution in [0.1, 0.15) is 5.69 Å². The fourth-order valence-corrected chi connectivity index (χ4v) is 0.902. The van der Waals surface area contributed by atoms with Crippen molar-refractivity contribution in [3.8, 4) is 0 Å². The molecule has 10 heavy (non-hydrogen) atoms. The van der Waals surface area contributed by atoms with E-state index < -0.39 is 0 Å². The van der Waals surface area contributed by atoms with Crippen molar-refractivity contribution in [1.29, 1.82) is 5.41 Å². The SMILES string of the molecule is N=C(N)c1cccc(Br)n1. The second-order valence-electron chi connectivity index (χ2n) is 1.76. The van der Waals surface area contributed by atoms with Gasteiger partial charge in [-0.15, -0.1) is 0 Å². The van der Waals surface area contributed by atoms with E-state index in [4.69, 9.17) is 11.1 Å². The number of nitrogen functional groups attached to an aromatic ring is 1. The normalized spacial score (nSPS) is 9.30. The zero-order valence-corrected chi connectivity index (χ0v) is 6.72. The van der Waals surface area contributed by atoms with Crippen LogP contribution in [0.3, 0.4) is 0 Å². The molecule has 0 bridgehead atoms. The first-order valence-corrected chi connectivity index (χ1v) is 3.46. The summed E-state index contributed by atoms with van der Waals surface area (Å²) in [5, 5.41) is 7.03. The van der Waals surface area contributed by atoms with Gasteiger partial charge in [0.15, 0.2) is 0 Å². The number of rotatable bonds is 1. The van der Waals surface area contributed by atoms with Gasteiger partial charge < -0.3 is 5.73 Å². The molecule has 0 aliphatic carbocycles. The fourth-order valence-electron chi connectivity index (χ4n) is 0.558. The lowest BCUT2D eigenvalue weighted by Crippen LogP contribution is -2.12. The lowest BCUT2D eigenvalue weighted by Gasteiger charge is -1.95. The Balaban J connectivity index is 3.07. The van der Waals surface area contributed by atoms with E-state index in [1.807, 2.05) is 0 Å². The summed E-state index contributed by atoms with van der Waals surface area (Å²) in [4.78, 5) is 3.94. The van der Waals surface area contributed by atoms with Crippen molar-refractivity contribution in [3.63, 3.8) is 0 Å². The van der Waals surface area contributed by atoms with Gasteiger partial charge in [0.2, 0.25) is 0 Å². The largest absolute Gasteiger partial charge is 0.382 e. The Kier molecular flexibility index (Phi) is 2.01. The van der Waals surface area contributed by atoms with Crippen molar-refractivity contribution in [2.75, 3.05) is 0 Å². The molecule has 0 aliphatic rings. The predicted molar refractivity (Wildman–Crippen MR) is 43.0 cm³/mol. The third-order valence-corrected chi connectivity index (χ3v) is 1.43. The second-order valence-corrected chi connectivity index (χ2v) is 2.57. The van der Waals surface area contributed by atoms with E-state index in [0.717, 1.165) is 0 Å². The predicted octanol–water partition coefficient (Wildman–Crippen LogP) is 1.13. The molecule has 1 aromatic rings. The average molecular weight is 200 g/mol. The standard InChI is InChI=1S/C6H6BrN3/c7-5-3-1-2-4(10-5)6(8)9/h1-3H,(H3,8,9). The third kappa shape index (κ3) is 1.54. The van der Waals surface area contributed by atoms with Crippen molar-refractivity contribution in [2.24, 2.45) is 5.73 Å². The third-order valence-electron chi connectivity index (χ3n) is 0.991. The van der Waals surface area contributed by atoms with Crippen molar-refractivity contribution in [3.05, 3.63) is 28.5 Å². The lowest BCUT2D eigenvalue weighted by molar-refractivity contribution is 1.22. The molecule has 4 heteroatoms. The molecular weight excluding hydrogens is 194 g/mol. The summed E-state index contributed by atoms with van der Waals surface area (Å²) in [7, 11) is 0. The van der Waals surface area contributed by atoms with E-state index in [2.05, 4.69) is 20.9 Å². The summed E-state index contributed by atoms with van der Waals surface area (Å²) in [6, 6.07) is 5.26. The number of halogens is 1. The van der Waals surface area contributed by atoms with Crippen LogP contribution in [-0.4, -0.2) is 10.8 Å². The van der Waals surface area contributed by atoms with E-state index in [1.54, 1.807) is 18.2 Å². The number of aromatic nitrogens is 1. The van der Waals surface area contributed by atoms with Crippen molar-refractivity contribution < 1.29 is 0 Å². The number of pyridine rings is 1. The number of nitrogens with one attached hydrogen (secondary N) is 1. The maximum Gasteiger partial charge on any atom is 0.141 e. The van der Waals surface area contributed by atoms with Crippen molar-refractivity contribution in [1.82, 2.24) is 4.98 Å². The van der Waals surface area contributed by atoms with Crippen LogP contribution in [-0.2, 0) is 0 Å². The van der Waals surface area contributed by atoms with Crippen LogP contribution in [0.25, 0.3) is 0 Å². The van der Waals surface area contributed by atoms with E-state index in [9.17, 15) is 0 Å². The molecule has 3 N–H and O–H groups in total. The van der Waals surface area contributed by atoms with Crippen LogP contribution >= 0.6 is 15.9 Å². The molecule has 1 heterocycles. The lowest BCUT2D eigenvalue weighted by atomic mass is 10.3. The highest BCUT2D eigenvalue weighted by Crippen LogP contribution is 2.04. The number of nitrogens with zero attached hydrogens (tertiary/aromatic N) is 1. The molecule has 52 valence electrons. The quantitative estimate of drug-likeness (QED) is 0.405. The van der Waals surface area contributed by atoms with E-state index in [1.165, 1.54) is 0 Å². The van der Waals surface area contributed by atoms with Gasteiger partial charge in [-0.05, 0) is 28.1 Å². The highest BCUT2D eigenvalue weighted by molar-refractivity contribution is 9.10. The summed E-state index contributed by atoms with van der Waals surface area (Å²) < 4.78 is 0.695. The minimum atomic E-state index is -0.0127. The Morgan fingerprint density at radius 1 is 1.60 bits per heavy atom. The van der Waals surface area contributed by atoms with E-state index >= 15 is 0 Å². The van der Waals surface area contributed by atoms with E-state index in [0.29, 0.717) is 10.3 Å². The zero-order chi connectivity index (χ0) is 7.56. The summed E-state index contributed by atoms with van der Waals surface area (Å²) in [5.41, 5.74) is 5.68. The van der Waals surface area contributed by atoms with Crippen LogP contribution in [0.15, 0.2) is 22.8 Å². The van der Waals surface area contributed by atoms with Crippen LogP contribution in [0.4, 0.5) is 0 Å². The minimum absolute atomic E-state index is 0.0127. The average Bonchev–Trinajstić information content (AvgIpc) is 1.88. The molecular formula is C6H6BrN3. The van der Waals surface area contributed by atoms with Crippen LogP contribution in [0.5, 0.6) is 0 Å². The molecule has 0 saturated carbocycles. The number of hydrogen-bond acceptors (Lipinski definition) is 2. The summed E-state index contributed by atoms with van der Waals surface area (Å²) in [5.74, 6) is -0.0127. The Bertz CT molecular complexity index is 259. The highest BCUT2D eigenvalue weighted by atomic mass is 79.9. The van der Waals surface area contributed by atoms with Gasteiger partial charge in [0.1, 0.15) is 16.1 Å². The summed E-state index contributed by atoms with van der Waals surface area (Å²) >= 11 is 3.17. The van der Waals surface area contributed by atoms with Gasteiger partial charge in [-0.1, -0.05) is 6.07 Å². The topological polar surface area (TPSA) is 62.8 Å². The Labute approximate surface area is 66.9 Å². The van der Waals surface area contributed by atoms with Crippen LogP contribution in [0, 0.1) is 5.41 Å². The Hall–Kier alpha value is -0.900. The van der Waals surface area contributed by atoms with Crippen molar-refractivity contribution in [2.45, 2.75) is 0 Å². The minimum Gasteiger partial charge on any atom is -0.382 e. The van der Waals surface area contributed by atoms with E-state index in [-0.39, 0.29) is 5.84 Å². The molecule has 0 aliphatic heterocycles. The van der Waals surface area contributed by atoms with Gasteiger partial charge in [-0.3, -0.25) is 5.41 Å². The van der Waals surface area contributed by atoms with Crippen LogP contribution < -0.4 is 5.73 Å². The monoisotopic (exact) mass is 199 g/mol. The smallest absolute Gasteiger partial charge is 0.141 e. The first kappa shape index (κ1) is 7.21. The van der Waals surface area contributed by atoms with Gasteiger partial charge in [-0.25, -0.2) is 4.98 Å². The molecule has 0 radical (unpaired) electrons. The van der Waals surface area contributed by atoms with Gasteiger partial charge >= 0.3 is 0 Å². The first-order valence-electron chi connectivity index (χ1n) is 2.67. The highest BCUT2D eigenvalue weighted by Gasteiger charge is 1.95. The maximum absolute atomic E-state index is 7.03. The summed E-state index contributed by atoms with van der Waals surface area (Å²) in [6.45, 7) is 0. The molecule has 0 atom stereocenters. The molecule has 0 spiro atoms. The molecule has 1 aromatic heterocycles. The van der Waals surface area contributed by atoms with Crippen LogP contribution in [0.2, 0.25) is 0 Å². The molecule has 1 rings (SSSR count).